The summed E-state index contributed by atoms with van der Waals surface area (Å²) in [7, 11) is 0. The third-order valence-corrected chi connectivity index (χ3v) is 5.60. The van der Waals surface area contributed by atoms with Gasteiger partial charge in [0.05, 0.1) is 11.7 Å². The van der Waals surface area contributed by atoms with Crippen LogP contribution in [-0.4, -0.2) is 15.9 Å². The number of benzene rings is 2. The Morgan fingerprint density at radius 2 is 1.79 bits per heavy atom. The number of nitrogen functional groups attached to an aromatic ring is 1. The number of nitriles is 2. The van der Waals surface area contributed by atoms with E-state index in [1.807, 2.05) is 56.3 Å². The molecule has 8 heteroatoms. The number of anilines is 1. The van der Waals surface area contributed by atoms with E-state index in [0.29, 0.717) is 11.1 Å². The number of para-hydroxylation sites is 1. The quantitative estimate of drug-likeness (QED) is 0.361. The predicted octanol–water partition coefficient (Wildman–Crippen LogP) is 4.54. The summed E-state index contributed by atoms with van der Waals surface area (Å²) in [5, 5.41) is 24.7. The lowest BCUT2D eigenvalue weighted by atomic mass is 9.96. The number of rotatable bonds is 3. The first kappa shape index (κ1) is 21.8. The zero-order valence-electron chi connectivity index (χ0n) is 17.8. The van der Waals surface area contributed by atoms with Gasteiger partial charge in [-0.2, -0.15) is 20.3 Å². The number of hydrogen-bond donors (Lipinski definition) is 1. The van der Waals surface area contributed by atoms with E-state index in [2.05, 4.69) is 10.1 Å². The normalized spacial score (nSPS) is 10.9. The van der Waals surface area contributed by atoms with Crippen LogP contribution in [0.15, 0.2) is 58.4 Å². The van der Waals surface area contributed by atoms with Crippen molar-refractivity contribution in [2.24, 2.45) is 5.10 Å². The minimum atomic E-state index is -0.735. The summed E-state index contributed by atoms with van der Waals surface area (Å²) in [6.45, 7) is 3.84. The molecule has 0 fully saturated rings. The Bertz CT molecular complexity index is 1590. The second kappa shape index (κ2) is 8.58. The average Bonchev–Trinajstić information content (AvgIpc) is 2.80. The molecule has 160 valence electrons. The first-order chi connectivity index (χ1) is 15.8. The number of aromatic nitrogens is 2. The lowest BCUT2D eigenvalue weighted by Gasteiger charge is -2.13. The molecule has 0 bridgehead atoms. The van der Waals surface area contributed by atoms with Gasteiger partial charge in [-0.15, -0.1) is 0 Å². The highest BCUT2D eigenvalue weighted by Crippen LogP contribution is 2.29. The van der Waals surface area contributed by atoms with Crippen molar-refractivity contribution in [1.82, 2.24) is 9.66 Å². The summed E-state index contributed by atoms with van der Waals surface area (Å²) < 4.78 is 0.839. The van der Waals surface area contributed by atoms with Gasteiger partial charge in [0.25, 0.3) is 5.56 Å². The average molecular weight is 453 g/mol. The van der Waals surface area contributed by atoms with E-state index in [1.165, 1.54) is 6.21 Å². The first-order valence-corrected chi connectivity index (χ1v) is 10.3. The van der Waals surface area contributed by atoms with Gasteiger partial charge in [-0.1, -0.05) is 59.6 Å². The maximum atomic E-state index is 13.1. The largest absolute Gasteiger partial charge is 0.382 e. The number of aryl methyl sites for hydroxylation is 2. The van der Waals surface area contributed by atoms with Gasteiger partial charge in [-0.05, 0) is 31.0 Å². The summed E-state index contributed by atoms with van der Waals surface area (Å²) in [5.41, 5.74) is 9.13. The molecular formula is C25H17ClN6O. The molecule has 4 aromatic rings. The van der Waals surface area contributed by atoms with Crippen LogP contribution in [-0.2, 0) is 0 Å². The molecule has 0 aliphatic carbocycles. The van der Waals surface area contributed by atoms with Crippen molar-refractivity contribution in [2.45, 2.75) is 13.8 Å². The fourth-order valence-electron chi connectivity index (χ4n) is 3.57. The van der Waals surface area contributed by atoms with Crippen LogP contribution in [0.1, 0.15) is 27.8 Å². The number of halogens is 1. The molecule has 0 aliphatic rings. The Morgan fingerprint density at radius 3 is 2.45 bits per heavy atom. The van der Waals surface area contributed by atoms with Gasteiger partial charge >= 0.3 is 0 Å². The second-order valence-corrected chi connectivity index (χ2v) is 7.83. The number of hydrogen-bond acceptors (Lipinski definition) is 6. The summed E-state index contributed by atoms with van der Waals surface area (Å²) in [5.74, 6) is -0.172. The SMILES string of the molecule is Cc1ccc(-c2c(C#N)c(N)n(/N=C/c3cc4cccc(C)c4nc3Cl)c(=O)c2C#N)cc1. The van der Waals surface area contributed by atoms with Crippen LogP contribution in [0.5, 0.6) is 0 Å². The van der Waals surface area contributed by atoms with Crippen LogP contribution in [0.25, 0.3) is 22.0 Å². The van der Waals surface area contributed by atoms with Crippen molar-refractivity contribution in [2.75, 3.05) is 5.73 Å². The fourth-order valence-corrected chi connectivity index (χ4v) is 3.76. The van der Waals surface area contributed by atoms with E-state index in [1.54, 1.807) is 18.2 Å². The third kappa shape index (κ3) is 3.82. The fraction of sp³-hybridized carbons (Fsp3) is 0.0800. The molecule has 4 rings (SSSR count). The third-order valence-electron chi connectivity index (χ3n) is 5.29. The smallest absolute Gasteiger partial charge is 0.291 e. The monoisotopic (exact) mass is 452 g/mol. The summed E-state index contributed by atoms with van der Waals surface area (Å²) >= 11 is 6.33. The summed E-state index contributed by atoms with van der Waals surface area (Å²) in [6.07, 6.45) is 1.34. The highest BCUT2D eigenvalue weighted by atomic mass is 35.5. The molecule has 0 amide bonds. The van der Waals surface area contributed by atoms with Crippen molar-refractivity contribution < 1.29 is 0 Å². The Kier molecular flexibility index (Phi) is 5.66. The molecule has 0 atom stereocenters. The van der Waals surface area contributed by atoms with Crippen molar-refractivity contribution >= 4 is 34.5 Å². The van der Waals surface area contributed by atoms with Crippen molar-refractivity contribution in [3.63, 3.8) is 0 Å². The van der Waals surface area contributed by atoms with Crippen molar-refractivity contribution in [3.05, 3.63) is 91.9 Å². The van der Waals surface area contributed by atoms with Gasteiger partial charge in [-0.25, -0.2) is 4.98 Å². The van der Waals surface area contributed by atoms with Crippen LogP contribution in [0.3, 0.4) is 0 Å². The molecule has 0 radical (unpaired) electrons. The van der Waals surface area contributed by atoms with E-state index < -0.39 is 5.56 Å². The lowest BCUT2D eigenvalue weighted by molar-refractivity contribution is 0.841. The molecule has 2 aromatic heterocycles. The van der Waals surface area contributed by atoms with Crippen LogP contribution < -0.4 is 11.3 Å². The van der Waals surface area contributed by atoms with Crippen molar-refractivity contribution in [1.29, 1.82) is 10.5 Å². The van der Waals surface area contributed by atoms with E-state index in [-0.39, 0.29) is 27.7 Å². The van der Waals surface area contributed by atoms with Gasteiger partial charge in [0, 0.05) is 16.5 Å². The number of pyridine rings is 2. The van der Waals surface area contributed by atoms with Gasteiger partial charge in [0.1, 0.15) is 34.2 Å². The zero-order chi connectivity index (χ0) is 23.7. The second-order valence-electron chi connectivity index (χ2n) is 7.48. The highest BCUT2D eigenvalue weighted by molar-refractivity contribution is 6.32. The molecular weight excluding hydrogens is 436 g/mol. The van der Waals surface area contributed by atoms with Crippen molar-refractivity contribution in [3.8, 4) is 23.3 Å². The minimum absolute atomic E-state index is 0.00879. The number of nitrogens with zero attached hydrogens (tertiary/aromatic N) is 5. The molecule has 33 heavy (non-hydrogen) atoms. The zero-order valence-corrected chi connectivity index (χ0v) is 18.6. The highest BCUT2D eigenvalue weighted by Gasteiger charge is 2.21. The number of nitrogens with two attached hydrogens (primary N) is 1. The van der Waals surface area contributed by atoms with Crippen LogP contribution >= 0.6 is 11.6 Å². The molecule has 0 unspecified atom stereocenters. The molecule has 2 aromatic carbocycles. The predicted molar refractivity (Wildman–Crippen MR) is 129 cm³/mol. The molecule has 0 saturated heterocycles. The van der Waals surface area contributed by atoms with E-state index in [9.17, 15) is 15.3 Å². The molecule has 0 aliphatic heterocycles. The molecule has 0 spiro atoms. The van der Waals surface area contributed by atoms with E-state index in [0.717, 1.165) is 26.7 Å². The van der Waals surface area contributed by atoms with Crippen LogP contribution in [0, 0.1) is 36.5 Å². The van der Waals surface area contributed by atoms with Gasteiger partial charge in [-0.3, -0.25) is 4.79 Å². The Balaban J connectivity index is 1.90. The van der Waals surface area contributed by atoms with Crippen LogP contribution in [0.2, 0.25) is 5.15 Å². The van der Waals surface area contributed by atoms with E-state index in [4.69, 9.17) is 17.3 Å². The Labute approximate surface area is 194 Å². The molecule has 7 nitrogen and oxygen atoms in total. The summed E-state index contributed by atoms with van der Waals surface area (Å²) in [4.78, 5) is 17.5. The topological polar surface area (TPSA) is 121 Å². The maximum absolute atomic E-state index is 13.1. The van der Waals surface area contributed by atoms with Crippen LogP contribution in [0.4, 0.5) is 5.82 Å². The standard InChI is InChI=1S/C25H17ClN6O/c1-14-6-8-16(9-7-14)21-19(11-27)24(29)32(25(33)20(21)12-28)30-13-18-10-17-5-3-4-15(2)22(17)31-23(18)26/h3-10,13H,29H2,1-2H3/b30-13+. The first-order valence-electron chi connectivity index (χ1n) is 9.91. The minimum Gasteiger partial charge on any atom is -0.382 e. The van der Waals surface area contributed by atoms with Gasteiger partial charge in [0.2, 0.25) is 0 Å². The number of fused-ring (bicyclic) bond motifs is 1. The molecule has 0 saturated carbocycles. The molecule has 2 N–H and O–H groups in total. The molecule has 2 heterocycles. The lowest BCUT2D eigenvalue weighted by Crippen LogP contribution is -2.25. The summed E-state index contributed by atoms with van der Waals surface area (Å²) in [6, 6.07) is 18.6. The Hall–Kier alpha value is -4.46. The van der Waals surface area contributed by atoms with Gasteiger partial charge in [0.15, 0.2) is 0 Å². The van der Waals surface area contributed by atoms with Gasteiger partial charge < -0.3 is 5.73 Å². The van der Waals surface area contributed by atoms with E-state index >= 15 is 0 Å². The Morgan fingerprint density at radius 1 is 1.09 bits per heavy atom. The maximum Gasteiger partial charge on any atom is 0.291 e.